The van der Waals surface area contributed by atoms with E-state index in [1.807, 2.05) is 0 Å². The lowest BCUT2D eigenvalue weighted by molar-refractivity contribution is -0.149. The van der Waals surface area contributed by atoms with Gasteiger partial charge in [0.1, 0.15) is 11.8 Å². The molecule has 10 nitrogen and oxygen atoms in total. The molecule has 2 aromatic rings. The highest BCUT2D eigenvalue weighted by Gasteiger charge is 2.25. The SMILES string of the molecule is COc1ccc(S(=O)(=O)N[C@@H](C)C(=O)OCC(=O)N(CCC(N)=O)c2ccccc2)cc1. The van der Waals surface area contributed by atoms with E-state index in [-0.39, 0.29) is 17.9 Å². The Morgan fingerprint density at radius 3 is 2.25 bits per heavy atom. The standard InChI is InChI=1S/C21H25N3O7S/c1-15(23-32(28,29)18-10-8-17(30-2)9-11-18)21(27)31-14-20(26)24(13-12-19(22)25)16-6-4-3-5-7-16/h3-11,15,23H,12-14H2,1-2H3,(H2,22,25)/t15-/m0/s1. The van der Waals surface area contributed by atoms with Gasteiger partial charge in [0.15, 0.2) is 6.61 Å². The van der Waals surface area contributed by atoms with Crippen molar-refractivity contribution in [2.75, 3.05) is 25.2 Å². The molecule has 0 aliphatic rings. The lowest BCUT2D eigenvalue weighted by atomic mass is 10.2. The van der Waals surface area contributed by atoms with Crippen molar-refractivity contribution in [3.05, 3.63) is 54.6 Å². The number of nitrogens with two attached hydrogens (primary N) is 1. The number of primary amides is 1. The normalized spacial score (nSPS) is 11.9. The van der Waals surface area contributed by atoms with Gasteiger partial charge in [-0.05, 0) is 43.3 Å². The van der Waals surface area contributed by atoms with E-state index in [1.165, 1.54) is 43.2 Å². The second-order valence-corrected chi connectivity index (χ2v) is 8.44. The fourth-order valence-electron chi connectivity index (χ4n) is 2.67. The molecular formula is C21H25N3O7S. The van der Waals surface area contributed by atoms with Gasteiger partial charge in [0.05, 0.1) is 12.0 Å². The lowest BCUT2D eigenvalue weighted by Gasteiger charge is -2.22. The molecule has 0 heterocycles. The maximum Gasteiger partial charge on any atom is 0.324 e. The monoisotopic (exact) mass is 463 g/mol. The third kappa shape index (κ3) is 7.06. The molecule has 2 rings (SSSR count). The summed E-state index contributed by atoms with van der Waals surface area (Å²) in [4.78, 5) is 37.2. The molecule has 0 unspecified atom stereocenters. The first-order chi connectivity index (χ1) is 15.1. The lowest BCUT2D eigenvalue weighted by Crippen LogP contribution is -2.42. The Labute approximate surface area is 186 Å². The number of hydrogen-bond acceptors (Lipinski definition) is 7. The zero-order valence-corrected chi connectivity index (χ0v) is 18.5. The number of esters is 1. The third-order valence-corrected chi connectivity index (χ3v) is 5.90. The minimum Gasteiger partial charge on any atom is -0.497 e. The first-order valence-electron chi connectivity index (χ1n) is 9.61. The van der Waals surface area contributed by atoms with Crippen molar-refractivity contribution >= 4 is 33.5 Å². The molecule has 0 spiro atoms. The van der Waals surface area contributed by atoms with Crippen molar-refractivity contribution in [1.29, 1.82) is 0 Å². The summed E-state index contributed by atoms with van der Waals surface area (Å²) in [5, 5.41) is 0. The summed E-state index contributed by atoms with van der Waals surface area (Å²) >= 11 is 0. The van der Waals surface area contributed by atoms with Gasteiger partial charge >= 0.3 is 5.97 Å². The number of methoxy groups -OCH3 is 1. The van der Waals surface area contributed by atoms with Gasteiger partial charge in [-0.15, -0.1) is 0 Å². The van der Waals surface area contributed by atoms with Gasteiger partial charge in [0, 0.05) is 18.7 Å². The van der Waals surface area contributed by atoms with Crippen LogP contribution < -0.4 is 20.1 Å². The molecule has 0 aromatic heterocycles. The molecule has 1 atom stereocenters. The van der Waals surface area contributed by atoms with Crippen molar-refractivity contribution in [2.24, 2.45) is 5.73 Å². The van der Waals surface area contributed by atoms with Crippen molar-refractivity contribution in [1.82, 2.24) is 4.72 Å². The van der Waals surface area contributed by atoms with Crippen molar-refractivity contribution in [3.63, 3.8) is 0 Å². The second-order valence-electron chi connectivity index (χ2n) is 6.72. The molecule has 0 radical (unpaired) electrons. The molecule has 11 heteroatoms. The highest BCUT2D eigenvalue weighted by molar-refractivity contribution is 7.89. The van der Waals surface area contributed by atoms with Crippen LogP contribution in [0.15, 0.2) is 59.5 Å². The minimum absolute atomic E-state index is 0.00931. The summed E-state index contributed by atoms with van der Waals surface area (Å²) in [7, 11) is -2.55. The Kier molecular flexibility index (Phi) is 8.73. The predicted molar refractivity (Wildman–Crippen MR) is 116 cm³/mol. The average Bonchev–Trinajstić information content (AvgIpc) is 2.77. The van der Waals surface area contributed by atoms with Crippen LogP contribution in [-0.4, -0.2) is 52.5 Å². The van der Waals surface area contributed by atoms with E-state index in [4.69, 9.17) is 15.2 Å². The first kappa shape index (κ1) is 24.8. The first-order valence-corrected chi connectivity index (χ1v) is 11.1. The molecule has 0 saturated heterocycles. The van der Waals surface area contributed by atoms with E-state index >= 15 is 0 Å². The zero-order chi connectivity index (χ0) is 23.7. The summed E-state index contributed by atoms with van der Waals surface area (Å²) in [6, 6.07) is 12.9. The molecule has 0 aliphatic heterocycles. The number of sulfonamides is 1. The van der Waals surface area contributed by atoms with E-state index in [0.717, 1.165) is 0 Å². The van der Waals surface area contributed by atoms with Crippen LogP contribution in [0.1, 0.15) is 13.3 Å². The number of para-hydroxylation sites is 1. The van der Waals surface area contributed by atoms with E-state index < -0.39 is 40.5 Å². The summed E-state index contributed by atoms with van der Waals surface area (Å²) in [5.74, 6) is -1.62. The number of nitrogens with one attached hydrogen (secondary N) is 1. The third-order valence-electron chi connectivity index (χ3n) is 4.34. The largest absolute Gasteiger partial charge is 0.497 e. The van der Waals surface area contributed by atoms with Crippen LogP contribution >= 0.6 is 0 Å². The maximum absolute atomic E-state index is 12.6. The Balaban J connectivity index is 1.99. The van der Waals surface area contributed by atoms with E-state index in [9.17, 15) is 22.8 Å². The van der Waals surface area contributed by atoms with Gasteiger partial charge in [-0.2, -0.15) is 4.72 Å². The maximum atomic E-state index is 12.6. The van der Waals surface area contributed by atoms with Crippen molar-refractivity contribution < 1.29 is 32.3 Å². The molecule has 0 fully saturated rings. The quantitative estimate of drug-likeness (QED) is 0.469. The molecule has 0 saturated carbocycles. The molecule has 32 heavy (non-hydrogen) atoms. The molecule has 2 aromatic carbocycles. The number of carbonyl (C=O) groups excluding carboxylic acids is 3. The highest BCUT2D eigenvalue weighted by Crippen LogP contribution is 2.16. The summed E-state index contributed by atoms with van der Waals surface area (Å²) in [6.45, 7) is 0.673. The Bertz CT molecular complexity index is 1040. The number of ether oxygens (including phenoxy) is 2. The van der Waals surface area contributed by atoms with E-state index in [0.29, 0.717) is 11.4 Å². The summed E-state index contributed by atoms with van der Waals surface area (Å²) < 4.78 is 37.1. The van der Waals surface area contributed by atoms with Crippen LogP contribution in [0.3, 0.4) is 0 Å². The molecule has 3 N–H and O–H groups in total. The molecule has 0 bridgehead atoms. The number of hydrogen-bond donors (Lipinski definition) is 2. The van der Waals surface area contributed by atoms with E-state index in [1.54, 1.807) is 30.3 Å². The Hall–Kier alpha value is -3.44. The smallest absolute Gasteiger partial charge is 0.324 e. The summed E-state index contributed by atoms with van der Waals surface area (Å²) in [6.07, 6.45) is -0.0767. The number of amides is 2. The van der Waals surface area contributed by atoms with Gasteiger partial charge in [-0.1, -0.05) is 18.2 Å². The van der Waals surface area contributed by atoms with Crippen LogP contribution in [0, 0.1) is 0 Å². The van der Waals surface area contributed by atoms with Gasteiger partial charge in [0.25, 0.3) is 5.91 Å². The second kappa shape index (κ2) is 11.3. The predicted octanol–water partition coefficient (Wildman–Crippen LogP) is 0.814. The van der Waals surface area contributed by atoms with E-state index in [2.05, 4.69) is 4.72 Å². The fraction of sp³-hybridized carbons (Fsp3) is 0.286. The van der Waals surface area contributed by atoms with Gasteiger partial charge < -0.3 is 20.1 Å². The van der Waals surface area contributed by atoms with Crippen LogP contribution in [-0.2, 0) is 29.1 Å². The minimum atomic E-state index is -4.00. The topological polar surface area (TPSA) is 145 Å². The molecular weight excluding hydrogens is 438 g/mol. The molecule has 2 amide bonds. The van der Waals surface area contributed by atoms with Crippen LogP contribution in [0.4, 0.5) is 5.69 Å². The fourth-order valence-corrected chi connectivity index (χ4v) is 3.86. The van der Waals surface area contributed by atoms with Gasteiger partial charge in [-0.3, -0.25) is 14.4 Å². The Morgan fingerprint density at radius 1 is 1.06 bits per heavy atom. The number of anilines is 1. The summed E-state index contributed by atoms with van der Waals surface area (Å²) in [5.41, 5.74) is 5.67. The number of nitrogens with zero attached hydrogens (tertiary/aromatic N) is 1. The highest BCUT2D eigenvalue weighted by atomic mass is 32.2. The zero-order valence-electron chi connectivity index (χ0n) is 17.7. The number of rotatable bonds is 11. The van der Waals surface area contributed by atoms with Crippen LogP contribution in [0.25, 0.3) is 0 Å². The Morgan fingerprint density at radius 2 is 1.69 bits per heavy atom. The molecule has 172 valence electrons. The number of carbonyl (C=O) groups is 3. The van der Waals surface area contributed by atoms with Crippen molar-refractivity contribution in [2.45, 2.75) is 24.3 Å². The van der Waals surface area contributed by atoms with Gasteiger partial charge in [0.2, 0.25) is 15.9 Å². The average molecular weight is 464 g/mol. The molecule has 0 aliphatic carbocycles. The van der Waals surface area contributed by atoms with Gasteiger partial charge in [-0.25, -0.2) is 8.42 Å². The van der Waals surface area contributed by atoms with Crippen LogP contribution in [0.5, 0.6) is 5.75 Å². The van der Waals surface area contributed by atoms with Crippen LogP contribution in [0.2, 0.25) is 0 Å². The number of benzene rings is 2. The van der Waals surface area contributed by atoms with Crippen molar-refractivity contribution in [3.8, 4) is 5.75 Å².